The van der Waals surface area contributed by atoms with Gasteiger partial charge in [-0.05, 0) is 24.3 Å². The van der Waals surface area contributed by atoms with Crippen LogP contribution < -0.4 is 15.8 Å². The van der Waals surface area contributed by atoms with Gasteiger partial charge in [0.05, 0.1) is 12.1 Å². The zero-order valence-electron chi connectivity index (χ0n) is 11.9. The Morgan fingerprint density at radius 2 is 1.74 bits per heavy atom. The van der Waals surface area contributed by atoms with Crippen LogP contribution >= 0.6 is 0 Å². The number of para-hydroxylation sites is 1. The van der Waals surface area contributed by atoms with Crippen molar-refractivity contribution in [1.82, 2.24) is 5.43 Å². The average molecular weight is 317 g/mol. The van der Waals surface area contributed by atoms with Crippen LogP contribution in [-0.2, 0) is 9.59 Å². The van der Waals surface area contributed by atoms with E-state index in [0.29, 0.717) is 0 Å². The molecular formula is C16H13F2N3O2. The first-order chi connectivity index (χ1) is 11.1. The molecule has 3 rings (SSSR count). The standard InChI is InChI=1S/C16H13F2N3O2/c17-12-7-6-11(8-13(12)18)21-15(22)9-14(16(21)23)20-19-10-4-2-1-3-5-10/h1-8,14,19-20H,9H2/t14-/m1/s1. The predicted molar refractivity (Wildman–Crippen MR) is 80.5 cm³/mol. The molecule has 0 aromatic heterocycles. The molecule has 1 aliphatic rings. The summed E-state index contributed by atoms with van der Waals surface area (Å²) < 4.78 is 26.3. The van der Waals surface area contributed by atoms with Crippen molar-refractivity contribution >= 4 is 23.2 Å². The van der Waals surface area contributed by atoms with E-state index in [2.05, 4.69) is 10.9 Å². The third kappa shape index (κ3) is 3.04. The fourth-order valence-electron chi connectivity index (χ4n) is 2.33. The maximum Gasteiger partial charge on any atom is 0.253 e. The van der Waals surface area contributed by atoms with Crippen molar-refractivity contribution in [2.24, 2.45) is 0 Å². The lowest BCUT2D eigenvalue weighted by molar-refractivity contribution is -0.121. The SMILES string of the molecule is O=C1C[C@@H](NNc2ccccc2)C(=O)N1c1ccc(F)c(F)c1. The Kier molecular flexibility index (Phi) is 4.03. The van der Waals surface area contributed by atoms with Gasteiger partial charge in [0.1, 0.15) is 6.04 Å². The van der Waals surface area contributed by atoms with Crippen LogP contribution in [0.25, 0.3) is 0 Å². The summed E-state index contributed by atoms with van der Waals surface area (Å²) in [6, 6.07) is 11.2. The van der Waals surface area contributed by atoms with E-state index in [1.54, 1.807) is 12.1 Å². The molecule has 1 aliphatic heterocycles. The Morgan fingerprint density at radius 1 is 1.00 bits per heavy atom. The third-order valence-corrected chi connectivity index (χ3v) is 3.47. The molecule has 1 saturated heterocycles. The highest BCUT2D eigenvalue weighted by atomic mass is 19.2. The van der Waals surface area contributed by atoms with E-state index < -0.39 is 29.5 Å². The third-order valence-electron chi connectivity index (χ3n) is 3.47. The van der Waals surface area contributed by atoms with Gasteiger partial charge in [-0.3, -0.25) is 9.59 Å². The quantitative estimate of drug-likeness (QED) is 0.670. The summed E-state index contributed by atoms with van der Waals surface area (Å²) in [4.78, 5) is 25.2. The number of halogens is 2. The van der Waals surface area contributed by atoms with Crippen LogP contribution in [-0.4, -0.2) is 17.9 Å². The smallest absolute Gasteiger partial charge is 0.253 e. The molecular weight excluding hydrogens is 304 g/mol. The number of carbonyl (C=O) groups excluding carboxylic acids is 2. The number of anilines is 2. The van der Waals surface area contributed by atoms with Crippen molar-refractivity contribution in [1.29, 1.82) is 0 Å². The second-order valence-electron chi connectivity index (χ2n) is 5.06. The van der Waals surface area contributed by atoms with Crippen LogP contribution in [0.2, 0.25) is 0 Å². The lowest BCUT2D eigenvalue weighted by atomic mass is 10.2. The summed E-state index contributed by atoms with van der Waals surface area (Å²) in [6.45, 7) is 0. The number of nitrogens with zero attached hydrogens (tertiary/aromatic N) is 1. The normalized spacial score (nSPS) is 17.7. The number of imide groups is 1. The minimum absolute atomic E-state index is 0.0166. The lowest BCUT2D eigenvalue weighted by Crippen LogP contribution is -2.41. The molecule has 0 radical (unpaired) electrons. The zero-order chi connectivity index (χ0) is 16.4. The molecule has 0 spiro atoms. The van der Waals surface area contributed by atoms with Crippen LogP contribution in [0, 0.1) is 11.6 Å². The number of benzene rings is 2. The van der Waals surface area contributed by atoms with E-state index in [1.165, 1.54) is 6.07 Å². The molecule has 118 valence electrons. The van der Waals surface area contributed by atoms with Crippen molar-refractivity contribution in [2.45, 2.75) is 12.5 Å². The molecule has 0 bridgehead atoms. The van der Waals surface area contributed by atoms with Crippen molar-refractivity contribution in [3.8, 4) is 0 Å². The van der Waals surface area contributed by atoms with E-state index >= 15 is 0 Å². The average Bonchev–Trinajstić information content (AvgIpc) is 2.83. The Hall–Kier alpha value is -2.80. The van der Waals surface area contributed by atoms with Gasteiger partial charge in [0, 0.05) is 11.8 Å². The van der Waals surface area contributed by atoms with Crippen LogP contribution in [0.15, 0.2) is 48.5 Å². The fraction of sp³-hybridized carbons (Fsp3) is 0.125. The van der Waals surface area contributed by atoms with Gasteiger partial charge in [-0.15, -0.1) is 0 Å². The number of hydrazine groups is 1. The zero-order valence-corrected chi connectivity index (χ0v) is 11.9. The number of hydrogen-bond acceptors (Lipinski definition) is 4. The number of amides is 2. The molecule has 2 N–H and O–H groups in total. The van der Waals surface area contributed by atoms with E-state index in [9.17, 15) is 18.4 Å². The molecule has 7 heteroatoms. The first-order valence-electron chi connectivity index (χ1n) is 6.94. The molecule has 0 aliphatic carbocycles. The van der Waals surface area contributed by atoms with Crippen LogP contribution in [0.1, 0.15) is 6.42 Å². The van der Waals surface area contributed by atoms with Gasteiger partial charge in [0.2, 0.25) is 5.91 Å². The van der Waals surface area contributed by atoms with Gasteiger partial charge in [0.25, 0.3) is 5.91 Å². The molecule has 1 fully saturated rings. The Balaban J connectivity index is 1.73. The minimum atomic E-state index is -1.11. The molecule has 2 amide bonds. The van der Waals surface area contributed by atoms with Gasteiger partial charge in [-0.25, -0.2) is 19.1 Å². The Labute approximate surface area is 130 Å². The Morgan fingerprint density at radius 3 is 2.43 bits per heavy atom. The lowest BCUT2D eigenvalue weighted by Gasteiger charge is -2.16. The number of carbonyl (C=O) groups is 2. The predicted octanol–water partition coefficient (Wildman–Crippen LogP) is 2.21. The molecule has 0 unspecified atom stereocenters. The van der Waals surface area contributed by atoms with E-state index in [0.717, 1.165) is 22.7 Å². The second-order valence-corrected chi connectivity index (χ2v) is 5.06. The van der Waals surface area contributed by atoms with Gasteiger partial charge in [-0.2, -0.15) is 0 Å². The number of nitrogens with one attached hydrogen (secondary N) is 2. The van der Waals surface area contributed by atoms with Crippen molar-refractivity contribution in [3.05, 3.63) is 60.2 Å². The largest absolute Gasteiger partial charge is 0.321 e. The summed E-state index contributed by atoms with van der Waals surface area (Å²) >= 11 is 0. The topological polar surface area (TPSA) is 61.4 Å². The van der Waals surface area contributed by atoms with Crippen LogP contribution in [0.3, 0.4) is 0 Å². The van der Waals surface area contributed by atoms with Gasteiger partial charge in [-0.1, -0.05) is 18.2 Å². The summed E-state index contributed by atoms with van der Waals surface area (Å²) in [5.74, 6) is -3.15. The Bertz CT molecular complexity index is 752. The second kappa shape index (κ2) is 6.13. The summed E-state index contributed by atoms with van der Waals surface area (Å²) in [5, 5.41) is 0. The number of hydrogen-bond donors (Lipinski definition) is 2. The first kappa shape index (κ1) is 15.1. The monoisotopic (exact) mass is 317 g/mol. The molecule has 2 aromatic carbocycles. The van der Waals surface area contributed by atoms with E-state index in [4.69, 9.17) is 0 Å². The van der Waals surface area contributed by atoms with Crippen LogP contribution in [0.5, 0.6) is 0 Å². The number of rotatable bonds is 4. The molecule has 1 heterocycles. The summed E-state index contributed by atoms with van der Waals surface area (Å²) in [6.07, 6.45) is -0.0718. The van der Waals surface area contributed by atoms with E-state index in [-0.39, 0.29) is 12.1 Å². The van der Waals surface area contributed by atoms with Crippen molar-refractivity contribution in [2.75, 3.05) is 10.3 Å². The maximum absolute atomic E-state index is 13.3. The summed E-state index contributed by atoms with van der Waals surface area (Å²) in [7, 11) is 0. The highest BCUT2D eigenvalue weighted by molar-refractivity contribution is 6.22. The molecule has 2 aromatic rings. The minimum Gasteiger partial charge on any atom is -0.321 e. The van der Waals surface area contributed by atoms with Crippen molar-refractivity contribution in [3.63, 3.8) is 0 Å². The highest BCUT2D eigenvalue weighted by Crippen LogP contribution is 2.24. The van der Waals surface area contributed by atoms with Crippen molar-refractivity contribution < 1.29 is 18.4 Å². The molecule has 5 nitrogen and oxygen atoms in total. The molecule has 23 heavy (non-hydrogen) atoms. The fourth-order valence-corrected chi connectivity index (χ4v) is 2.33. The summed E-state index contributed by atoms with van der Waals surface area (Å²) in [5.41, 5.74) is 6.37. The van der Waals surface area contributed by atoms with Crippen LogP contribution in [0.4, 0.5) is 20.2 Å². The highest BCUT2D eigenvalue weighted by Gasteiger charge is 2.39. The van der Waals surface area contributed by atoms with Gasteiger partial charge >= 0.3 is 0 Å². The van der Waals surface area contributed by atoms with Gasteiger partial charge < -0.3 is 5.43 Å². The first-order valence-corrected chi connectivity index (χ1v) is 6.94. The maximum atomic E-state index is 13.3. The molecule has 0 saturated carbocycles. The molecule has 1 atom stereocenters. The van der Waals surface area contributed by atoms with Gasteiger partial charge in [0.15, 0.2) is 11.6 Å². The van der Waals surface area contributed by atoms with E-state index in [1.807, 2.05) is 18.2 Å².